The molecule has 3 aliphatic rings. The zero-order valence-electron chi connectivity index (χ0n) is 18.5. The van der Waals surface area contributed by atoms with Crippen LogP contribution in [0.5, 0.6) is 0 Å². The Hall–Kier alpha value is -2.80. The highest BCUT2D eigenvalue weighted by Gasteiger charge is 2.33. The van der Waals surface area contributed by atoms with Gasteiger partial charge in [0.2, 0.25) is 0 Å². The highest BCUT2D eigenvalue weighted by atomic mass is 16.2. The van der Waals surface area contributed by atoms with Gasteiger partial charge in [0.25, 0.3) is 5.91 Å². The van der Waals surface area contributed by atoms with Crippen molar-refractivity contribution in [1.29, 1.82) is 0 Å². The fraction of sp³-hybridized carbons (Fsp3) is 0.520. The Kier molecular flexibility index (Phi) is 5.14. The van der Waals surface area contributed by atoms with Crippen molar-refractivity contribution >= 4 is 16.7 Å². The van der Waals surface area contributed by atoms with Crippen LogP contribution in [0.1, 0.15) is 66.6 Å². The third-order valence-electron chi connectivity index (χ3n) is 7.60. The van der Waals surface area contributed by atoms with E-state index in [1.807, 2.05) is 35.2 Å². The zero-order chi connectivity index (χ0) is 21.5. The molecule has 1 atom stereocenters. The molecule has 0 spiro atoms. The van der Waals surface area contributed by atoms with Gasteiger partial charge < -0.3 is 9.47 Å². The van der Waals surface area contributed by atoms with Gasteiger partial charge in [-0.25, -0.2) is 0 Å². The average molecular weight is 431 g/mol. The van der Waals surface area contributed by atoms with Crippen LogP contribution >= 0.6 is 0 Å². The van der Waals surface area contributed by atoms with Crippen LogP contribution in [-0.4, -0.2) is 61.1 Å². The van der Waals surface area contributed by atoms with Gasteiger partial charge in [-0.2, -0.15) is 0 Å². The van der Waals surface area contributed by atoms with Crippen molar-refractivity contribution in [2.75, 3.05) is 19.6 Å². The minimum absolute atomic E-state index is 0.0253. The predicted octanol–water partition coefficient (Wildman–Crippen LogP) is 3.60. The molecule has 1 aromatic carbocycles. The fourth-order valence-electron chi connectivity index (χ4n) is 5.89. The number of carbonyl (C=O) groups is 1. The molecule has 2 aliphatic heterocycles. The zero-order valence-corrected chi connectivity index (χ0v) is 18.5. The summed E-state index contributed by atoms with van der Waals surface area (Å²) in [6, 6.07) is 10.7. The molecule has 1 saturated heterocycles. The molecule has 3 aromatic rings. The number of carbonyl (C=O) groups excluding carboxylic acids is 1. The van der Waals surface area contributed by atoms with Crippen LogP contribution in [-0.2, 0) is 13.1 Å². The lowest BCUT2D eigenvalue weighted by Crippen LogP contribution is -2.42. The highest BCUT2D eigenvalue weighted by molar-refractivity contribution is 6.05. The van der Waals surface area contributed by atoms with Crippen LogP contribution in [0, 0.1) is 0 Å². The van der Waals surface area contributed by atoms with E-state index in [4.69, 9.17) is 0 Å². The largest absolute Gasteiger partial charge is 0.337 e. The number of aromatic nitrogens is 4. The van der Waals surface area contributed by atoms with Crippen molar-refractivity contribution in [3.63, 3.8) is 0 Å². The molecule has 0 radical (unpaired) electrons. The summed E-state index contributed by atoms with van der Waals surface area (Å²) in [5, 5.41) is 11.2. The maximum atomic E-state index is 13.4. The number of benzene rings is 1. The Morgan fingerprint density at radius 2 is 1.81 bits per heavy atom. The third kappa shape index (κ3) is 3.48. The first kappa shape index (κ1) is 19.9. The van der Waals surface area contributed by atoms with Crippen LogP contribution in [0.15, 0.2) is 36.5 Å². The first-order valence-electron chi connectivity index (χ1n) is 12.1. The first-order chi connectivity index (χ1) is 15.8. The molecular formula is C25H30N6O. The number of piperidine rings is 1. The maximum Gasteiger partial charge on any atom is 0.273 e. The van der Waals surface area contributed by atoms with E-state index in [1.165, 1.54) is 25.7 Å². The van der Waals surface area contributed by atoms with Gasteiger partial charge in [-0.1, -0.05) is 37.1 Å². The number of likely N-dealkylation sites (tertiary alicyclic amines) is 1. The summed E-state index contributed by atoms with van der Waals surface area (Å²) in [5.74, 6) is 2.42. The summed E-state index contributed by atoms with van der Waals surface area (Å²) in [7, 11) is 0. The summed E-state index contributed by atoms with van der Waals surface area (Å²) in [4.78, 5) is 22.4. The monoisotopic (exact) mass is 430 g/mol. The van der Waals surface area contributed by atoms with Crippen LogP contribution in [0.3, 0.4) is 0 Å². The average Bonchev–Trinajstić information content (AvgIpc) is 3.53. The van der Waals surface area contributed by atoms with Gasteiger partial charge in [0.15, 0.2) is 0 Å². The van der Waals surface area contributed by atoms with Gasteiger partial charge in [0, 0.05) is 49.7 Å². The number of hydrogen-bond donors (Lipinski definition) is 0. The second-order valence-electron chi connectivity index (χ2n) is 9.51. The van der Waals surface area contributed by atoms with E-state index in [0.717, 1.165) is 67.5 Å². The van der Waals surface area contributed by atoms with E-state index in [-0.39, 0.29) is 11.8 Å². The summed E-state index contributed by atoms with van der Waals surface area (Å²) in [6.45, 7) is 4.42. The van der Waals surface area contributed by atoms with E-state index in [9.17, 15) is 4.79 Å². The Labute approximate surface area is 188 Å². The molecule has 1 saturated carbocycles. The van der Waals surface area contributed by atoms with Crippen molar-refractivity contribution < 1.29 is 4.79 Å². The van der Waals surface area contributed by atoms with Crippen LogP contribution in [0.4, 0.5) is 0 Å². The smallest absolute Gasteiger partial charge is 0.273 e. The normalized spacial score (nSPS) is 22.4. The second kappa shape index (κ2) is 8.28. The number of pyridine rings is 1. The molecular weight excluding hydrogens is 400 g/mol. The van der Waals surface area contributed by atoms with Gasteiger partial charge in [-0.05, 0) is 37.1 Å². The Morgan fingerprint density at radius 3 is 2.72 bits per heavy atom. The molecule has 4 heterocycles. The molecule has 6 rings (SSSR count). The molecule has 7 heteroatoms. The molecule has 2 aromatic heterocycles. The Bertz CT molecular complexity index is 1130. The summed E-state index contributed by atoms with van der Waals surface area (Å²) >= 11 is 0. The lowest BCUT2D eigenvalue weighted by molar-refractivity contribution is 0.0698. The molecule has 7 nitrogen and oxygen atoms in total. The van der Waals surface area contributed by atoms with Crippen molar-refractivity contribution in [3.8, 4) is 0 Å². The summed E-state index contributed by atoms with van der Waals surface area (Å²) in [6.07, 6.45) is 9.13. The number of fused-ring (bicyclic) bond motifs is 2. The second-order valence-corrected chi connectivity index (χ2v) is 9.51. The van der Waals surface area contributed by atoms with Crippen LogP contribution in [0.25, 0.3) is 10.8 Å². The number of hydrogen-bond acceptors (Lipinski definition) is 5. The SMILES string of the molecule is O=C(c1nccc2ccccc12)N1CCCC(c2nnc3n2CCN(C2CCCC2)C3)C1. The number of nitrogens with zero attached hydrogens (tertiary/aromatic N) is 6. The Morgan fingerprint density at radius 1 is 0.938 bits per heavy atom. The van der Waals surface area contributed by atoms with E-state index in [0.29, 0.717) is 12.2 Å². The topological polar surface area (TPSA) is 67.2 Å². The molecule has 1 aliphatic carbocycles. The van der Waals surface area contributed by atoms with Crippen molar-refractivity contribution in [3.05, 3.63) is 53.9 Å². The van der Waals surface area contributed by atoms with E-state index < -0.39 is 0 Å². The molecule has 1 unspecified atom stereocenters. The fourth-order valence-corrected chi connectivity index (χ4v) is 5.89. The minimum Gasteiger partial charge on any atom is -0.337 e. The van der Waals surface area contributed by atoms with Crippen molar-refractivity contribution in [2.45, 2.75) is 63.6 Å². The minimum atomic E-state index is 0.0253. The van der Waals surface area contributed by atoms with E-state index in [2.05, 4.69) is 24.6 Å². The van der Waals surface area contributed by atoms with E-state index in [1.54, 1.807) is 6.20 Å². The standard InChI is InChI=1S/C25H30N6O/c32-25(23-21-10-4-1-6-18(21)11-12-26-23)30-13-5-7-19(16-30)24-28-27-22-17-29(14-15-31(22)24)20-8-2-3-9-20/h1,4,6,10-12,19-20H,2-3,5,7-9,13-17H2. The van der Waals surface area contributed by atoms with Crippen molar-refractivity contribution in [1.82, 2.24) is 29.5 Å². The number of amides is 1. The first-order valence-corrected chi connectivity index (χ1v) is 12.1. The maximum absolute atomic E-state index is 13.4. The quantitative estimate of drug-likeness (QED) is 0.635. The molecule has 2 fully saturated rings. The van der Waals surface area contributed by atoms with Gasteiger partial charge in [0.05, 0.1) is 6.54 Å². The van der Waals surface area contributed by atoms with Crippen molar-refractivity contribution in [2.24, 2.45) is 0 Å². The lowest BCUT2D eigenvalue weighted by Gasteiger charge is -2.35. The summed E-state index contributed by atoms with van der Waals surface area (Å²) in [5.41, 5.74) is 0.555. The van der Waals surface area contributed by atoms with Crippen LogP contribution in [0.2, 0.25) is 0 Å². The van der Waals surface area contributed by atoms with Crippen LogP contribution < -0.4 is 0 Å². The van der Waals surface area contributed by atoms with Gasteiger partial charge in [-0.15, -0.1) is 10.2 Å². The van der Waals surface area contributed by atoms with Gasteiger partial charge in [0.1, 0.15) is 17.3 Å². The molecule has 32 heavy (non-hydrogen) atoms. The Balaban J connectivity index is 1.21. The molecule has 166 valence electrons. The summed E-state index contributed by atoms with van der Waals surface area (Å²) < 4.78 is 2.33. The predicted molar refractivity (Wildman–Crippen MR) is 122 cm³/mol. The molecule has 0 bridgehead atoms. The number of rotatable bonds is 3. The highest BCUT2D eigenvalue weighted by Crippen LogP contribution is 2.31. The lowest BCUT2D eigenvalue weighted by atomic mass is 9.96. The third-order valence-corrected chi connectivity index (χ3v) is 7.60. The molecule has 0 N–H and O–H groups in total. The van der Waals surface area contributed by atoms with Gasteiger partial charge in [-0.3, -0.25) is 14.7 Å². The van der Waals surface area contributed by atoms with Gasteiger partial charge >= 0.3 is 0 Å². The van der Waals surface area contributed by atoms with E-state index >= 15 is 0 Å². The molecule has 1 amide bonds.